The number of rotatable bonds is 3. The average Bonchev–Trinajstić information content (AvgIpc) is 3.64. The van der Waals surface area contributed by atoms with Crippen LogP contribution in [0.15, 0.2) is 35.3 Å². The van der Waals surface area contributed by atoms with Crippen molar-refractivity contribution in [2.45, 2.75) is 57.5 Å². The maximum absolute atomic E-state index is 13.3. The largest absolute Gasteiger partial charge is 0.338 e. The van der Waals surface area contributed by atoms with E-state index >= 15 is 0 Å². The first kappa shape index (κ1) is 19.3. The molecule has 4 aliphatic rings. The van der Waals surface area contributed by atoms with Gasteiger partial charge in [-0.15, -0.1) is 0 Å². The van der Waals surface area contributed by atoms with Gasteiger partial charge in [-0.1, -0.05) is 24.3 Å². The van der Waals surface area contributed by atoms with E-state index in [0.29, 0.717) is 38.2 Å². The normalized spacial score (nSPS) is 23.4. The van der Waals surface area contributed by atoms with Crippen molar-refractivity contribution in [3.05, 3.63) is 57.5 Å². The van der Waals surface area contributed by atoms with E-state index in [1.54, 1.807) is 9.47 Å². The molecule has 30 heavy (non-hydrogen) atoms. The molecule has 0 aromatic carbocycles. The number of aromatic nitrogens is 1. The van der Waals surface area contributed by atoms with Gasteiger partial charge in [-0.25, -0.2) is 0 Å². The zero-order valence-electron chi connectivity index (χ0n) is 17.4. The maximum Gasteiger partial charge on any atom is 0.263 e. The van der Waals surface area contributed by atoms with Crippen molar-refractivity contribution in [1.29, 1.82) is 0 Å². The molecule has 1 saturated carbocycles. The Morgan fingerprint density at radius 1 is 0.933 bits per heavy atom. The Morgan fingerprint density at radius 3 is 2.47 bits per heavy atom. The van der Waals surface area contributed by atoms with Crippen LogP contribution in [-0.2, 0) is 17.8 Å². The van der Waals surface area contributed by atoms with Gasteiger partial charge >= 0.3 is 0 Å². The van der Waals surface area contributed by atoms with Gasteiger partial charge in [-0.2, -0.15) is 0 Å². The van der Waals surface area contributed by atoms with Gasteiger partial charge in [0, 0.05) is 44.3 Å². The third-order valence-corrected chi connectivity index (χ3v) is 6.86. The molecule has 6 nitrogen and oxygen atoms in total. The van der Waals surface area contributed by atoms with Crippen LogP contribution < -0.4 is 5.56 Å². The number of amides is 2. The van der Waals surface area contributed by atoms with E-state index in [4.69, 9.17) is 0 Å². The van der Waals surface area contributed by atoms with Crippen LogP contribution in [0.4, 0.5) is 0 Å². The molecule has 1 fully saturated rings. The molecule has 0 spiro atoms. The summed E-state index contributed by atoms with van der Waals surface area (Å²) < 4.78 is 1.77. The summed E-state index contributed by atoms with van der Waals surface area (Å²) in [6.07, 6.45) is 16.3. The fourth-order valence-corrected chi connectivity index (χ4v) is 4.97. The second kappa shape index (κ2) is 7.89. The number of hydrogen-bond acceptors (Lipinski definition) is 3. The number of hydrogen-bond donors (Lipinski definition) is 0. The Kier molecular flexibility index (Phi) is 5.09. The Hall–Kier alpha value is -2.63. The summed E-state index contributed by atoms with van der Waals surface area (Å²) in [6.45, 7) is 2.30. The predicted molar refractivity (Wildman–Crippen MR) is 114 cm³/mol. The van der Waals surface area contributed by atoms with Crippen LogP contribution in [0.25, 0.3) is 0 Å². The van der Waals surface area contributed by atoms with Crippen molar-refractivity contribution in [3.8, 4) is 0 Å². The summed E-state index contributed by atoms with van der Waals surface area (Å²) >= 11 is 0. The zero-order chi connectivity index (χ0) is 20.7. The molecule has 3 heterocycles. The highest BCUT2D eigenvalue weighted by molar-refractivity contribution is 5.96. The Morgan fingerprint density at radius 2 is 1.77 bits per heavy atom. The van der Waals surface area contributed by atoms with Crippen molar-refractivity contribution in [2.75, 3.05) is 19.6 Å². The van der Waals surface area contributed by atoms with Crippen LogP contribution in [0, 0.1) is 5.92 Å². The molecule has 2 aliphatic heterocycles. The summed E-state index contributed by atoms with van der Waals surface area (Å²) in [5.74, 6) is 0.128. The van der Waals surface area contributed by atoms with Gasteiger partial charge in [0.15, 0.2) is 0 Å². The zero-order valence-corrected chi connectivity index (χ0v) is 17.4. The monoisotopic (exact) mass is 407 g/mol. The number of pyridine rings is 1. The third-order valence-electron chi connectivity index (χ3n) is 6.86. The molecule has 0 saturated heterocycles. The standard InChI is InChI=1S/C24H29N3O3/c28-22(17-7-3-1-4-8-17)26-14-11-20-18(15-26)16-27(19-9-10-19)24(30)21(20)23(29)25-12-5-2-6-13-25/h1-3,5,16-17,19H,4,6-15H2. The van der Waals surface area contributed by atoms with Crippen molar-refractivity contribution in [2.24, 2.45) is 5.92 Å². The molecule has 1 aromatic rings. The summed E-state index contributed by atoms with van der Waals surface area (Å²) in [5.41, 5.74) is 2.04. The fourth-order valence-electron chi connectivity index (χ4n) is 4.97. The van der Waals surface area contributed by atoms with Crippen LogP contribution in [0.3, 0.4) is 0 Å². The van der Waals surface area contributed by atoms with Crippen molar-refractivity contribution in [3.63, 3.8) is 0 Å². The van der Waals surface area contributed by atoms with E-state index in [0.717, 1.165) is 49.7 Å². The highest BCUT2D eigenvalue weighted by Crippen LogP contribution is 2.35. The predicted octanol–water partition coefficient (Wildman–Crippen LogP) is 2.83. The fraction of sp³-hybridized carbons (Fsp3) is 0.542. The molecule has 0 N–H and O–H groups in total. The minimum Gasteiger partial charge on any atom is -0.338 e. The summed E-state index contributed by atoms with van der Waals surface area (Å²) in [5, 5.41) is 0. The van der Waals surface area contributed by atoms with E-state index in [1.807, 2.05) is 17.2 Å². The second-order valence-corrected chi connectivity index (χ2v) is 8.95. The third kappa shape index (κ3) is 3.53. The summed E-state index contributed by atoms with van der Waals surface area (Å²) in [7, 11) is 0. The molecule has 158 valence electrons. The van der Waals surface area contributed by atoms with E-state index in [2.05, 4.69) is 18.2 Å². The van der Waals surface area contributed by atoms with Gasteiger partial charge in [0.2, 0.25) is 5.91 Å². The minimum absolute atomic E-state index is 0.0622. The Bertz CT molecular complexity index is 986. The summed E-state index contributed by atoms with van der Waals surface area (Å²) in [4.78, 5) is 43.4. The van der Waals surface area contributed by atoms with Gasteiger partial charge in [0.25, 0.3) is 11.5 Å². The molecule has 0 radical (unpaired) electrons. The van der Waals surface area contributed by atoms with Gasteiger partial charge in [0.05, 0.1) is 0 Å². The number of allylic oxidation sites excluding steroid dienone is 2. The molecule has 5 rings (SSSR count). The van der Waals surface area contributed by atoms with E-state index < -0.39 is 0 Å². The lowest BCUT2D eigenvalue weighted by atomic mass is 9.90. The molecular weight excluding hydrogens is 378 g/mol. The highest BCUT2D eigenvalue weighted by atomic mass is 16.2. The number of carbonyl (C=O) groups is 2. The summed E-state index contributed by atoms with van der Waals surface area (Å²) in [6, 6.07) is 0.199. The average molecular weight is 408 g/mol. The van der Waals surface area contributed by atoms with E-state index in [9.17, 15) is 14.4 Å². The van der Waals surface area contributed by atoms with E-state index in [-0.39, 0.29) is 29.3 Å². The molecule has 2 amide bonds. The van der Waals surface area contributed by atoms with Crippen molar-refractivity contribution < 1.29 is 9.59 Å². The number of fused-ring (bicyclic) bond motifs is 1. The Balaban J connectivity index is 1.48. The van der Waals surface area contributed by atoms with Gasteiger partial charge < -0.3 is 14.4 Å². The van der Waals surface area contributed by atoms with Gasteiger partial charge in [0.1, 0.15) is 5.56 Å². The van der Waals surface area contributed by atoms with Crippen molar-refractivity contribution >= 4 is 11.8 Å². The van der Waals surface area contributed by atoms with Gasteiger partial charge in [-0.05, 0) is 56.1 Å². The smallest absolute Gasteiger partial charge is 0.263 e. The topological polar surface area (TPSA) is 62.6 Å². The second-order valence-electron chi connectivity index (χ2n) is 8.95. The van der Waals surface area contributed by atoms with Crippen molar-refractivity contribution in [1.82, 2.24) is 14.4 Å². The first-order valence-corrected chi connectivity index (χ1v) is 11.3. The lowest BCUT2D eigenvalue weighted by Gasteiger charge is -2.34. The van der Waals surface area contributed by atoms with Crippen LogP contribution in [0.1, 0.15) is 66.1 Å². The first-order chi connectivity index (χ1) is 14.6. The molecular formula is C24H29N3O3. The molecule has 1 aromatic heterocycles. The molecule has 1 unspecified atom stereocenters. The Labute approximate surface area is 176 Å². The van der Waals surface area contributed by atoms with Gasteiger partial charge in [-0.3, -0.25) is 14.4 Å². The van der Waals surface area contributed by atoms with Crippen LogP contribution in [-0.4, -0.2) is 45.8 Å². The maximum atomic E-state index is 13.3. The lowest BCUT2D eigenvalue weighted by Crippen LogP contribution is -2.44. The highest BCUT2D eigenvalue weighted by Gasteiger charge is 2.34. The molecule has 6 heteroatoms. The lowest BCUT2D eigenvalue weighted by molar-refractivity contribution is -0.136. The molecule has 0 bridgehead atoms. The first-order valence-electron chi connectivity index (χ1n) is 11.3. The van der Waals surface area contributed by atoms with Crippen LogP contribution in [0.5, 0.6) is 0 Å². The number of carbonyl (C=O) groups excluding carboxylic acids is 2. The quantitative estimate of drug-likeness (QED) is 0.724. The van der Waals surface area contributed by atoms with Crippen LogP contribution in [0.2, 0.25) is 0 Å². The SMILES string of the molecule is O=C(c1c2c(cn(C3CC3)c1=O)CN(C(=O)C1CC=CCC1)CC2)N1CC=CCC1. The molecule has 1 atom stereocenters. The molecule has 2 aliphatic carbocycles. The van der Waals surface area contributed by atoms with Crippen LogP contribution >= 0.6 is 0 Å². The minimum atomic E-state index is -0.146. The number of nitrogens with zero attached hydrogens (tertiary/aromatic N) is 3. The van der Waals surface area contributed by atoms with E-state index in [1.165, 1.54) is 0 Å².